The molecule has 4 aromatic rings. The van der Waals surface area contributed by atoms with Crippen molar-refractivity contribution in [1.29, 1.82) is 0 Å². The second-order valence-corrected chi connectivity index (χ2v) is 11.8. The Morgan fingerprint density at radius 1 is 1.05 bits per heavy atom. The zero-order chi connectivity index (χ0) is 28.9. The number of pyridine rings is 1. The number of hydrogen-bond donors (Lipinski definition) is 2. The van der Waals surface area contributed by atoms with Gasteiger partial charge in [0.15, 0.2) is 5.82 Å². The van der Waals surface area contributed by atoms with Crippen molar-refractivity contribution in [1.82, 2.24) is 19.6 Å². The van der Waals surface area contributed by atoms with Crippen molar-refractivity contribution in [3.05, 3.63) is 60.4 Å². The minimum Gasteiger partial charge on any atom is -0.462 e. The lowest BCUT2D eigenvalue weighted by atomic mass is 10.2. The van der Waals surface area contributed by atoms with E-state index in [1.807, 2.05) is 37.3 Å². The number of anilines is 1. The molecule has 4 rings (SSSR count). The Morgan fingerprint density at radius 2 is 1.75 bits per heavy atom. The summed E-state index contributed by atoms with van der Waals surface area (Å²) in [6.07, 6.45) is 1.74. The van der Waals surface area contributed by atoms with E-state index in [1.54, 1.807) is 45.0 Å². The molecule has 0 radical (unpaired) electrons. The SMILES string of the molecule is CCCCc1nc2c(N)nc3ccccc3c2n1C[C@H](C)O[P@@](=O)(N[C@H](C)C(=O)OC(C)C)Oc1ccccc1. The third kappa shape index (κ3) is 6.99. The number of carbonyl (C=O) groups excluding carboxylic acids is 1. The molecule has 0 amide bonds. The van der Waals surface area contributed by atoms with Crippen LogP contribution >= 0.6 is 7.75 Å². The molecule has 0 aliphatic heterocycles. The molecule has 11 heteroatoms. The maximum atomic E-state index is 14.1. The number of ether oxygens (including phenoxy) is 1. The maximum absolute atomic E-state index is 14.1. The molecule has 214 valence electrons. The molecule has 0 saturated heterocycles. The third-order valence-corrected chi connectivity index (χ3v) is 8.02. The summed E-state index contributed by atoms with van der Waals surface area (Å²) in [5.41, 5.74) is 8.58. The molecule has 0 bridgehead atoms. The van der Waals surface area contributed by atoms with Crippen LogP contribution in [0.25, 0.3) is 21.9 Å². The minimum absolute atomic E-state index is 0.317. The Balaban J connectivity index is 1.68. The molecule has 0 aliphatic carbocycles. The summed E-state index contributed by atoms with van der Waals surface area (Å²) in [7, 11) is -4.05. The molecular weight excluding hydrogens is 529 g/mol. The highest BCUT2D eigenvalue weighted by molar-refractivity contribution is 7.52. The second-order valence-electron chi connectivity index (χ2n) is 10.1. The summed E-state index contributed by atoms with van der Waals surface area (Å²) < 4.78 is 33.4. The summed E-state index contributed by atoms with van der Waals surface area (Å²) in [5.74, 6) is 0.991. The molecule has 3 atom stereocenters. The van der Waals surface area contributed by atoms with E-state index in [0.717, 1.165) is 41.5 Å². The van der Waals surface area contributed by atoms with Gasteiger partial charge in [-0.2, -0.15) is 5.09 Å². The quantitative estimate of drug-likeness (QED) is 0.147. The minimum atomic E-state index is -4.05. The van der Waals surface area contributed by atoms with Gasteiger partial charge in [-0.25, -0.2) is 14.5 Å². The van der Waals surface area contributed by atoms with Crippen LogP contribution in [0.15, 0.2) is 54.6 Å². The van der Waals surface area contributed by atoms with Crippen LogP contribution in [0.1, 0.15) is 53.3 Å². The average Bonchev–Trinajstić information content (AvgIpc) is 3.26. The number of unbranched alkanes of at least 4 members (excludes halogenated alkanes) is 1. The summed E-state index contributed by atoms with van der Waals surface area (Å²) in [6.45, 7) is 9.31. The van der Waals surface area contributed by atoms with Crippen LogP contribution in [0.5, 0.6) is 5.75 Å². The van der Waals surface area contributed by atoms with Crippen molar-refractivity contribution < 1.29 is 23.1 Å². The first-order valence-corrected chi connectivity index (χ1v) is 15.2. The van der Waals surface area contributed by atoms with Crippen molar-refractivity contribution in [3.8, 4) is 5.75 Å². The van der Waals surface area contributed by atoms with Crippen molar-refractivity contribution in [2.45, 2.75) is 78.7 Å². The highest BCUT2D eigenvalue weighted by Gasteiger charge is 2.35. The summed E-state index contributed by atoms with van der Waals surface area (Å²) >= 11 is 0. The molecule has 2 heterocycles. The fraction of sp³-hybridized carbons (Fsp3) is 0.414. The van der Waals surface area contributed by atoms with Crippen molar-refractivity contribution in [2.75, 3.05) is 5.73 Å². The maximum Gasteiger partial charge on any atom is 0.459 e. The number of esters is 1. The number of hydrogen-bond acceptors (Lipinski definition) is 8. The van der Waals surface area contributed by atoms with Crippen LogP contribution in [0.4, 0.5) is 5.82 Å². The third-order valence-electron chi connectivity index (χ3n) is 6.23. The van der Waals surface area contributed by atoms with E-state index < -0.39 is 25.9 Å². The largest absolute Gasteiger partial charge is 0.462 e. The van der Waals surface area contributed by atoms with E-state index in [1.165, 1.54) is 0 Å². The number of para-hydroxylation sites is 2. The Labute approximate surface area is 234 Å². The number of fused-ring (bicyclic) bond motifs is 3. The Hall–Kier alpha value is -3.46. The van der Waals surface area contributed by atoms with Gasteiger partial charge in [-0.3, -0.25) is 9.32 Å². The number of nitrogens with two attached hydrogens (primary N) is 1. The average molecular weight is 568 g/mol. The fourth-order valence-electron chi connectivity index (χ4n) is 4.48. The number of aromatic nitrogens is 3. The number of nitrogens with zero attached hydrogens (tertiary/aromatic N) is 3. The molecule has 0 unspecified atom stereocenters. The normalized spacial score (nSPS) is 14.8. The van der Waals surface area contributed by atoms with Crippen LogP contribution in [0.2, 0.25) is 0 Å². The Morgan fingerprint density at radius 3 is 2.45 bits per heavy atom. The summed E-state index contributed by atoms with van der Waals surface area (Å²) in [4.78, 5) is 21.9. The van der Waals surface area contributed by atoms with E-state index in [2.05, 4.69) is 21.6 Å². The highest BCUT2D eigenvalue weighted by Crippen LogP contribution is 2.46. The van der Waals surface area contributed by atoms with Gasteiger partial charge in [0.25, 0.3) is 0 Å². The van der Waals surface area contributed by atoms with Gasteiger partial charge in [-0.05, 0) is 52.3 Å². The molecule has 2 aromatic heterocycles. The number of nitrogens with one attached hydrogen (secondary N) is 1. The predicted molar refractivity (Wildman–Crippen MR) is 157 cm³/mol. The van der Waals surface area contributed by atoms with Gasteiger partial charge in [0.2, 0.25) is 0 Å². The molecule has 0 spiro atoms. The zero-order valence-corrected chi connectivity index (χ0v) is 24.6. The number of aryl methyl sites for hydroxylation is 1. The van der Waals surface area contributed by atoms with Gasteiger partial charge < -0.3 is 19.6 Å². The second kappa shape index (κ2) is 12.8. The van der Waals surface area contributed by atoms with Crippen LogP contribution in [-0.2, 0) is 31.6 Å². The number of nitrogen functional groups attached to an aromatic ring is 1. The van der Waals surface area contributed by atoms with Crippen molar-refractivity contribution >= 4 is 41.5 Å². The lowest BCUT2D eigenvalue weighted by Gasteiger charge is -2.26. The van der Waals surface area contributed by atoms with Gasteiger partial charge in [0.05, 0.1) is 29.8 Å². The van der Waals surface area contributed by atoms with Gasteiger partial charge in [0.1, 0.15) is 23.1 Å². The van der Waals surface area contributed by atoms with E-state index >= 15 is 0 Å². The number of imidazole rings is 1. The number of carbonyl (C=O) groups is 1. The molecule has 2 aromatic carbocycles. The first-order valence-electron chi connectivity index (χ1n) is 13.6. The van der Waals surface area contributed by atoms with Crippen LogP contribution < -0.4 is 15.3 Å². The smallest absolute Gasteiger partial charge is 0.459 e. The van der Waals surface area contributed by atoms with Gasteiger partial charge >= 0.3 is 13.7 Å². The predicted octanol–water partition coefficient (Wildman–Crippen LogP) is 6.03. The van der Waals surface area contributed by atoms with Crippen molar-refractivity contribution in [3.63, 3.8) is 0 Å². The van der Waals surface area contributed by atoms with E-state index in [4.69, 9.17) is 24.5 Å². The lowest BCUT2D eigenvalue weighted by molar-refractivity contribution is -0.149. The van der Waals surface area contributed by atoms with Gasteiger partial charge in [-0.1, -0.05) is 49.7 Å². The highest BCUT2D eigenvalue weighted by atomic mass is 31.2. The molecular formula is C29H38N5O5P. The molecule has 40 heavy (non-hydrogen) atoms. The van der Waals surface area contributed by atoms with E-state index in [0.29, 0.717) is 23.6 Å². The number of rotatable bonds is 13. The van der Waals surface area contributed by atoms with Crippen molar-refractivity contribution in [2.24, 2.45) is 0 Å². The molecule has 0 saturated carbocycles. The summed E-state index contributed by atoms with van der Waals surface area (Å²) in [5, 5.41) is 3.68. The zero-order valence-electron chi connectivity index (χ0n) is 23.7. The first kappa shape index (κ1) is 29.5. The Kier molecular flexibility index (Phi) is 9.45. The van der Waals surface area contributed by atoms with Crippen LogP contribution in [0.3, 0.4) is 0 Å². The first-order chi connectivity index (χ1) is 19.1. The topological polar surface area (TPSA) is 131 Å². The van der Waals surface area contributed by atoms with Crippen LogP contribution in [0, 0.1) is 0 Å². The Bertz CT molecular complexity index is 1510. The molecule has 10 nitrogen and oxygen atoms in total. The number of benzene rings is 2. The lowest BCUT2D eigenvalue weighted by Crippen LogP contribution is -2.37. The summed E-state index contributed by atoms with van der Waals surface area (Å²) in [6, 6.07) is 15.5. The van der Waals surface area contributed by atoms with Crippen LogP contribution in [-0.4, -0.2) is 38.8 Å². The van der Waals surface area contributed by atoms with E-state index in [-0.39, 0.29) is 6.10 Å². The monoisotopic (exact) mass is 567 g/mol. The molecule has 0 fully saturated rings. The standard InChI is InChI=1S/C29H38N5O5P/c1-6-7-17-25-32-26-27(23-15-11-12-16-24(23)31-28(26)30)34(25)18-20(4)38-40(36,39-22-13-9-8-10-14-22)33-21(5)29(35)37-19(2)3/h8-16,19-21H,6-7,17-18H2,1-5H3,(H2,30,31)(H,33,36)/t20-,21+,40-/m0/s1. The molecule has 3 N–H and O–H groups in total. The van der Waals surface area contributed by atoms with Gasteiger partial charge in [0, 0.05) is 11.8 Å². The fourth-order valence-corrected chi connectivity index (χ4v) is 6.15. The van der Waals surface area contributed by atoms with E-state index in [9.17, 15) is 9.36 Å². The van der Waals surface area contributed by atoms with Gasteiger partial charge in [-0.15, -0.1) is 0 Å². The molecule has 0 aliphatic rings.